The van der Waals surface area contributed by atoms with Crippen molar-refractivity contribution in [1.29, 1.82) is 5.41 Å². The zero-order valence-electron chi connectivity index (χ0n) is 20.5. The molecule has 0 saturated heterocycles. The number of pyridine rings is 1. The number of carbonyl (C=O) groups excluding carboxylic acids is 2. The Balaban J connectivity index is 1.66. The molecule has 1 atom stereocenters. The van der Waals surface area contributed by atoms with Crippen molar-refractivity contribution >= 4 is 23.8 Å². The summed E-state index contributed by atoms with van der Waals surface area (Å²) in [7, 11) is 1.68. The molecule has 1 aliphatic rings. The average Bonchev–Trinajstić information content (AvgIpc) is 2.93. The summed E-state index contributed by atoms with van der Waals surface area (Å²) >= 11 is 0. The van der Waals surface area contributed by atoms with Crippen molar-refractivity contribution in [2.24, 2.45) is 0 Å². The highest BCUT2D eigenvalue weighted by Crippen LogP contribution is 2.27. The molecule has 182 valence electrons. The van der Waals surface area contributed by atoms with Gasteiger partial charge >= 0.3 is 6.03 Å². The van der Waals surface area contributed by atoms with Crippen LogP contribution in [0.2, 0.25) is 0 Å². The smallest absolute Gasteiger partial charge is 0.319 e. The van der Waals surface area contributed by atoms with Crippen LogP contribution in [0.25, 0.3) is 0 Å². The molecular weight excluding hydrogens is 442 g/mol. The van der Waals surface area contributed by atoms with E-state index in [-0.39, 0.29) is 5.91 Å². The van der Waals surface area contributed by atoms with Crippen molar-refractivity contribution < 1.29 is 14.7 Å². The summed E-state index contributed by atoms with van der Waals surface area (Å²) in [4.78, 5) is 31.4. The van der Waals surface area contributed by atoms with Crippen LogP contribution in [0.3, 0.4) is 0 Å². The van der Waals surface area contributed by atoms with Gasteiger partial charge < -0.3 is 26.0 Å². The van der Waals surface area contributed by atoms with Crippen LogP contribution in [-0.4, -0.2) is 46.9 Å². The lowest BCUT2D eigenvalue weighted by molar-refractivity contribution is -0.120. The molecule has 0 bridgehead atoms. The molecule has 0 unspecified atom stereocenters. The van der Waals surface area contributed by atoms with E-state index in [4.69, 9.17) is 5.41 Å². The fraction of sp³-hybridized carbons (Fsp3) is 0.333. The summed E-state index contributed by atoms with van der Waals surface area (Å²) in [6.07, 6.45) is 5.91. The summed E-state index contributed by atoms with van der Waals surface area (Å²) in [6.45, 7) is 5.12. The number of anilines is 1. The standard InChI is InChI=1S/C27H31N5O3/c1-18-5-6-20(16-29-18)13-21(15-28)17-30-26(34)31-23-10-9-22-8-7-19(11-12-27(2,3)35)14-24(22)32(4)25(23)33/h5-8,14-17,23,28,35H,9-10,13H2,1-4H3,(H2,30,31,34)/b21-17-,28-15?/t23-/m1/s1. The Morgan fingerprint density at radius 2 is 2.11 bits per heavy atom. The molecule has 0 saturated carbocycles. The minimum Gasteiger partial charge on any atom is -0.378 e. The van der Waals surface area contributed by atoms with Gasteiger partial charge in [0.1, 0.15) is 11.6 Å². The number of rotatable bonds is 5. The van der Waals surface area contributed by atoms with E-state index < -0.39 is 17.7 Å². The molecule has 0 fully saturated rings. The molecule has 1 aromatic carbocycles. The van der Waals surface area contributed by atoms with Gasteiger partial charge in [-0.25, -0.2) is 4.79 Å². The van der Waals surface area contributed by atoms with Crippen molar-refractivity contribution in [3.8, 4) is 11.8 Å². The number of aliphatic hydroxyl groups is 1. The van der Waals surface area contributed by atoms with Crippen molar-refractivity contribution in [1.82, 2.24) is 15.6 Å². The predicted octanol–water partition coefficient (Wildman–Crippen LogP) is 2.87. The van der Waals surface area contributed by atoms with Crippen LogP contribution in [0.1, 0.15) is 42.7 Å². The Hall–Kier alpha value is -3.96. The first-order valence-corrected chi connectivity index (χ1v) is 11.4. The number of fused-ring (bicyclic) bond motifs is 1. The summed E-state index contributed by atoms with van der Waals surface area (Å²) in [5.41, 5.74) is 3.74. The third kappa shape index (κ3) is 7.26. The molecule has 1 aliphatic heterocycles. The zero-order chi connectivity index (χ0) is 25.6. The van der Waals surface area contributed by atoms with Gasteiger partial charge in [-0.2, -0.15) is 0 Å². The molecule has 0 radical (unpaired) electrons. The normalized spacial score (nSPS) is 15.9. The maximum absolute atomic E-state index is 13.1. The van der Waals surface area contributed by atoms with Gasteiger partial charge in [0.25, 0.3) is 0 Å². The van der Waals surface area contributed by atoms with Crippen molar-refractivity contribution in [2.45, 2.75) is 51.7 Å². The van der Waals surface area contributed by atoms with E-state index in [2.05, 4.69) is 27.5 Å². The first-order chi connectivity index (χ1) is 16.6. The molecule has 8 heteroatoms. The van der Waals surface area contributed by atoms with Gasteiger partial charge in [-0.15, -0.1) is 0 Å². The lowest BCUT2D eigenvalue weighted by Crippen LogP contribution is -2.49. The molecule has 2 aromatic rings. The average molecular weight is 474 g/mol. The molecule has 0 spiro atoms. The highest BCUT2D eigenvalue weighted by atomic mass is 16.3. The SMILES string of the molecule is Cc1ccc(C/C(C=N)=C/NC(=O)N[C@@H]2CCc3ccc(C#CC(C)(C)O)cc3N(C)C2=O)cn1. The van der Waals surface area contributed by atoms with Gasteiger partial charge in [0.15, 0.2) is 0 Å². The molecule has 35 heavy (non-hydrogen) atoms. The second-order valence-corrected chi connectivity index (χ2v) is 9.11. The second-order valence-electron chi connectivity index (χ2n) is 9.11. The highest BCUT2D eigenvalue weighted by Gasteiger charge is 2.29. The number of carbonyl (C=O) groups is 2. The molecule has 0 aliphatic carbocycles. The Morgan fingerprint density at radius 1 is 1.34 bits per heavy atom. The maximum Gasteiger partial charge on any atom is 0.319 e. The minimum atomic E-state index is -1.11. The summed E-state index contributed by atoms with van der Waals surface area (Å²) < 4.78 is 0. The molecule has 8 nitrogen and oxygen atoms in total. The molecule has 1 aromatic heterocycles. The van der Waals surface area contributed by atoms with Gasteiger partial charge in [0.2, 0.25) is 5.91 Å². The Kier molecular flexibility index (Phi) is 8.05. The van der Waals surface area contributed by atoms with Gasteiger partial charge in [-0.3, -0.25) is 9.78 Å². The molecular formula is C27H31N5O3. The second kappa shape index (κ2) is 11.0. The monoisotopic (exact) mass is 473 g/mol. The number of nitrogens with one attached hydrogen (secondary N) is 3. The van der Waals surface area contributed by atoms with E-state index in [1.54, 1.807) is 27.1 Å². The van der Waals surface area contributed by atoms with E-state index >= 15 is 0 Å². The van der Waals surface area contributed by atoms with Crippen LogP contribution in [0.4, 0.5) is 10.5 Å². The number of urea groups is 1. The topological polar surface area (TPSA) is 118 Å². The summed E-state index contributed by atoms with van der Waals surface area (Å²) in [5, 5.41) is 22.9. The van der Waals surface area contributed by atoms with Crippen LogP contribution in [0, 0.1) is 24.2 Å². The zero-order valence-corrected chi connectivity index (χ0v) is 20.5. The lowest BCUT2D eigenvalue weighted by Gasteiger charge is -2.22. The number of nitrogens with zero attached hydrogens (tertiary/aromatic N) is 2. The number of amides is 3. The third-order valence-corrected chi connectivity index (χ3v) is 5.55. The number of likely N-dealkylation sites (N-methyl/N-ethyl adjacent to an activating group) is 1. The van der Waals surface area contributed by atoms with Crippen LogP contribution in [0.15, 0.2) is 48.3 Å². The molecule has 3 amide bonds. The number of aromatic nitrogens is 1. The van der Waals surface area contributed by atoms with Gasteiger partial charge in [0, 0.05) is 49.0 Å². The first-order valence-electron chi connectivity index (χ1n) is 11.4. The number of allylic oxidation sites excluding steroid dienone is 1. The quantitative estimate of drug-likeness (QED) is 0.394. The van der Waals surface area contributed by atoms with Crippen molar-refractivity contribution in [3.05, 3.63) is 70.7 Å². The van der Waals surface area contributed by atoms with Crippen LogP contribution < -0.4 is 15.5 Å². The van der Waals surface area contributed by atoms with Crippen LogP contribution in [-0.2, 0) is 17.6 Å². The summed E-state index contributed by atoms with van der Waals surface area (Å²) in [5.74, 6) is 5.49. The Labute approximate surface area is 206 Å². The van der Waals surface area contributed by atoms with Gasteiger partial charge in [-0.05, 0) is 68.5 Å². The van der Waals surface area contributed by atoms with E-state index in [0.717, 1.165) is 22.5 Å². The number of aryl methyl sites for hydroxylation is 2. The predicted molar refractivity (Wildman–Crippen MR) is 136 cm³/mol. The van der Waals surface area contributed by atoms with Gasteiger partial charge in [-0.1, -0.05) is 24.0 Å². The van der Waals surface area contributed by atoms with E-state index in [0.29, 0.717) is 30.4 Å². The van der Waals surface area contributed by atoms with E-state index in [1.807, 2.05) is 37.3 Å². The third-order valence-electron chi connectivity index (χ3n) is 5.55. The maximum atomic E-state index is 13.1. The highest BCUT2D eigenvalue weighted by molar-refractivity contribution is 6.00. The number of benzene rings is 1. The number of hydrogen-bond donors (Lipinski definition) is 4. The van der Waals surface area contributed by atoms with Crippen molar-refractivity contribution in [2.75, 3.05) is 11.9 Å². The molecule has 2 heterocycles. The molecule has 4 N–H and O–H groups in total. The Bertz CT molecular complexity index is 1200. The number of hydrogen-bond acceptors (Lipinski definition) is 5. The van der Waals surface area contributed by atoms with Crippen LogP contribution in [0.5, 0.6) is 0 Å². The first kappa shape index (κ1) is 25.7. The minimum absolute atomic E-state index is 0.228. The summed E-state index contributed by atoms with van der Waals surface area (Å²) in [6, 6.07) is 8.23. The Morgan fingerprint density at radius 3 is 2.77 bits per heavy atom. The van der Waals surface area contributed by atoms with Gasteiger partial charge in [0.05, 0.1) is 0 Å². The fourth-order valence-corrected chi connectivity index (χ4v) is 3.64. The fourth-order valence-electron chi connectivity index (χ4n) is 3.64. The molecule has 3 rings (SSSR count). The van der Waals surface area contributed by atoms with E-state index in [9.17, 15) is 14.7 Å². The van der Waals surface area contributed by atoms with Crippen molar-refractivity contribution in [3.63, 3.8) is 0 Å². The van der Waals surface area contributed by atoms with E-state index in [1.165, 1.54) is 17.3 Å². The lowest BCUT2D eigenvalue weighted by atomic mass is 10.0. The van der Waals surface area contributed by atoms with Crippen LogP contribution >= 0.6 is 0 Å². The largest absolute Gasteiger partial charge is 0.378 e.